The Hall–Kier alpha value is -1.40. The number of rotatable bonds is 3. The van der Waals surface area contributed by atoms with Crippen molar-refractivity contribution in [2.75, 3.05) is 0 Å². The quantitative estimate of drug-likeness (QED) is 0.550. The van der Waals surface area contributed by atoms with Gasteiger partial charge in [-0.3, -0.25) is 0 Å². The van der Waals surface area contributed by atoms with Gasteiger partial charge in [0.1, 0.15) is 12.4 Å². The van der Waals surface area contributed by atoms with Crippen LogP contribution in [0.5, 0.6) is 0 Å². The van der Waals surface area contributed by atoms with Crippen molar-refractivity contribution in [2.24, 2.45) is 0 Å². The number of hydrogen-bond acceptors (Lipinski definition) is 5. The van der Waals surface area contributed by atoms with Gasteiger partial charge in [-0.2, -0.15) is 0 Å². The van der Waals surface area contributed by atoms with Gasteiger partial charge in [-0.15, -0.1) is 0 Å². The number of aliphatic carboxylic acids is 1. The molecule has 1 heterocycles. The Morgan fingerprint density at radius 2 is 2.25 bits per heavy atom. The van der Waals surface area contributed by atoms with E-state index in [1.807, 2.05) is 0 Å². The van der Waals surface area contributed by atoms with Crippen molar-refractivity contribution in [1.29, 1.82) is 0 Å². The van der Waals surface area contributed by atoms with E-state index in [0.29, 0.717) is 0 Å². The molecule has 0 saturated heterocycles. The van der Waals surface area contributed by atoms with Gasteiger partial charge >= 0.3 is 5.97 Å². The standard InChI is InChI=1S/C6H7NO5/c8-4(5(9)6(10)11)3-1-7-12-2-3/h1-2,4-5,8-9H,(H,10,11). The predicted molar refractivity (Wildman–Crippen MR) is 35.1 cm³/mol. The monoisotopic (exact) mass is 173 g/mol. The Kier molecular flexibility index (Phi) is 2.41. The first-order valence-corrected chi connectivity index (χ1v) is 3.11. The van der Waals surface area contributed by atoms with Gasteiger partial charge in [0, 0.05) is 5.56 Å². The smallest absolute Gasteiger partial charge is 0.335 e. The van der Waals surface area contributed by atoms with E-state index in [0.717, 1.165) is 12.5 Å². The number of aliphatic hydroxyl groups excluding tert-OH is 2. The molecular formula is C6H7NO5. The number of carboxylic acid groups (broad SMARTS) is 1. The van der Waals surface area contributed by atoms with Gasteiger partial charge in [0.05, 0.1) is 6.20 Å². The summed E-state index contributed by atoms with van der Waals surface area (Å²) in [6, 6.07) is 0. The van der Waals surface area contributed by atoms with Crippen molar-refractivity contribution in [3.05, 3.63) is 18.0 Å². The summed E-state index contributed by atoms with van der Waals surface area (Å²) in [5, 5.41) is 29.5. The average Bonchev–Trinajstić information content (AvgIpc) is 2.53. The maximum atomic E-state index is 10.2. The van der Waals surface area contributed by atoms with E-state index >= 15 is 0 Å². The fourth-order valence-corrected chi connectivity index (χ4v) is 0.676. The highest BCUT2D eigenvalue weighted by Crippen LogP contribution is 2.15. The highest BCUT2D eigenvalue weighted by molar-refractivity contribution is 5.72. The lowest BCUT2D eigenvalue weighted by Crippen LogP contribution is -2.27. The highest BCUT2D eigenvalue weighted by Gasteiger charge is 2.26. The summed E-state index contributed by atoms with van der Waals surface area (Å²) >= 11 is 0. The zero-order valence-corrected chi connectivity index (χ0v) is 5.91. The molecule has 66 valence electrons. The van der Waals surface area contributed by atoms with Gasteiger partial charge in [-0.25, -0.2) is 4.79 Å². The highest BCUT2D eigenvalue weighted by atomic mass is 16.5. The first-order valence-electron chi connectivity index (χ1n) is 3.11. The first kappa shape index (κ1) is 8.69. The van der Waals surface area contributed by atoms with Gasteiger partial charge in [0.15, 0.2) is 6.10 Å². The zero-order valence-electron chi connectivity index (χ0n) is 5.91. The molecule has 0 bridgehead atoms. The number of aliphatic hydroxyl groups is 2. The van der Waals surface area contributed by atoms with Gasteiger partial charge in [-0.05, 0) is 0 Å². The third-order valence-corrected chi connectivity index (χ3v) is 1.35. The molecule has 0 aliphatic carbocycles. The molecule has 0 spiro atoms. The summed E-state index contributed by atoms with van der Waals surface area (Å²) in [6.45, 7) is 0. The number of hydrogen-bond donors (Lipinski definition) is 3. The van der Waals surface area contributed by atoms with Crippen LogP contribution in [0.25, 0.3) is 0 Å². The van der Waals surface area contributed by atoms with Crippen LogP contribution in [0.15, 0.2) is 17.0 Å². The summed E-state index contributed by atoms with van der Waals surface area (Å²) in [6.07, 6.45) is -1.16. The Balaban J connectivity index is 2.71. The predicted octanol–water partition coefficient (Wildman–Crippen LogP) is -0.847. The van der Waals surface area contributed by atoms with Crippen LogP contribution in [-0.4, -0.2) is 32.5 Å². The SMILES string of the molecule is O=C(O)C(O)C(O)c1cnoc1. The fourth-order valence-electron chi connectivity index (χ4n) is 0.676. The van der Waals surface area contributed by atoms with Gasteiger partial charge < -0.3 is 19.8 Å². The maximum absolute atomic E-state index is 10.2. The molecule has 1 aromatic heterocycles. The molecule has 2 unspecified atom stereocenters. The number of nitrogens with zero attached hydrogens (tertiary/aromatic N) is 1. The van der Waals surface area contributed by atoms with Crippen LogP contribution in [0.3, 0.4) is 0 Å². The van der Waals surface area contributed by atoms with Crippen LogP contribution >= 0.6 is 0 Å². The molecule has 12 heavy (non-hydrogen) atoms. The normalized spacial score (nSPS) is 15.5. The minimum atomic E-state index is -1.86. The van der Waals surface area contributed by atoms with E-state index < -0.39 is 18.2 Å². The molecule has 0 amide bonds. The zero-order chi connectivity index (χ0) is 9.14. The minimum Gasteiger partial charge on any atom is -0.479 e. The van der Waals surface area contributed by atoms with E-state index in [2.05, 4.69) is 9.68 Å². The van der Waals surface area contributed by atoms with Crippen LogP contribution < -0.4 is 0 Å². The molecule has 0 aromatic carbocycles. The van der Waals surface area contributed by atoms with Gasteiger partial charge in [0.25, 0.3) is 0 Å². The molecule has 0 radical (unpaired) electrons. The molecule has 0 aliphatic rings. The minimum absolute atomic E-state index is 0.130. The van der Waals surface area contributed by atoms with Crippen molar-refractivity contribution in [1.82, 2.24) is 5.16 Å². The summed E-state index contributed by atoms with van der Waals surface area (Å²) in [7, 11) is 0. The van der Waals surface area contributed by atoms with E-state index in [1.165, 1.54) is 0 Å². The molecule has 3 N–H and O–H groups in total. The van der Waals surface area contributed by atoms with Crippen LogP contribution in [0.1, 0.15) is 11.7 Å². The molecule has 0 saturated carbocycles. The fraction of sp³-hybridized carbons (Fsp3) is 0.333. The van der Waals surface area contributed by atoms with E-state index in [9.17, 15) is 4.79 Å². The van der Waals surface area contributed by atoms with Crippen LogP contribution in [-0.2, 0) is 4.79 Å². The third-order valence-electron chi connectivity index (χ3n) is 1.35. The lowest BCUT2D eigenvalue weighted by molar-refractivity contribution is -0.153. The maximum Gasteiger partial charge on any atom is 0.335 e. The second-order valence-corrected chi connectivity index (χ2v) is 2.19. The lowest BCUT2D eigenvalue weighted by atomic mass is 10.1. The Bertz CT molecular complexity index is 257. The molecule has 1 rings (SSSR count). The number of aromatic nitrogens is 1. The third kappa shape index (κ3) is 1.60. The van der Waals surface area contributed by atoms with Crippen molar-refractivity contribution in [2.45, 2.75) is 12.2 Å². The molecule has 2 atom stereocenters. The Morgan fingerprint density at radius 3 is 2.67 bits per heavy atom. The van der Waals surface area contributed by atoms with Crippen LogP contribution in [0.2, 0.25) is 0 Å². The Labute approximate surface area is 67.0 Å². The lowest BCUT2D eigenvalue weighted by Gasteiger charge is -2.10. The average molecular weight is 173 g/mol. The van der Waals surface area contributed by atoms with Gasteiger partial charge in [-0.1, -0.05) is 5.16 Å². The van der Waals surface area contributed by atoms with E-state index in [-0.39, 0.29) is 5.56 Å². The second-order valence-electron chi connectivity index (χ2n) is 2.19. The van der Waals surface area contributed by atoms with E-state index in [4.69, 9.17) is 15.3 Å². The van der Waals surface area contributed by atoms with Crippen LogP contribution in [0, 0.1) is 0 Å². The topological polar surface area (TPSA) is 104 Å². The van der Waals surface area contributed by atoms with Crippen molar-refractivity contribution < 1.29 is 24.6 Å². The second kappa shape index (κ2) is 3.33. The molecule has 6 heteroatoms. The largest absolute Gasteiger partial charge is 0.479 e. The molecule has 0 aliphatic heterocycles. The number of carbonyl (C=O) groups is 1. The van der Waals surface area contributed by atoms with Crippen molar-refractivity contribution in [3.8, 4) is 0 Å². The summed E-state index contributed by atoms with van der Waals surface area (Å²) < 4.78 is 4.35. The molecule has 0 fully saturated rings. The molecule has 1 aromatic rings. The molecule has 6 nitrogen and oxygen atoms in total. The number of carboxylic acids is 1. The summed E-state index contributed by atoms with van der Waals surface area (Å²) in [5.41, 5.74) is 0.130. The Morgan fingerprint density at radius 1 is 1.58 bits per heavy atom. The first-order chi connectivity index (χ1) is 5.63. The summed E-state index contributed by atoms with van der Waals surface area (Å²) in [5.74, 6) is -1.50. The van der Waals surface area contributed by atoms with Crippen LogP contribution in [0.4, 0.5) is 0 Å². The molecular weight excluding hydrogens is 166 g/mol. The van der Waals surface area contributed by atoms with Crippen molar-refractivity contribution in [3.63, 3.8) is 0 Å². The summed E-state index contributed by atoms with van der Waals surface area (Å²) in [4.78, 5) is 10.2. The van der Waals surface area contributed by atoms with E-state index in [1.54, 1.807) is 0 Å². The van der Waals surface area contributed by atoms with Crippen molar-refractivity contribution >= 4 is 5.97 Å². The van der Waals surface area contributed by atoms with Gasteiger partial charge in [0.2, 0.25) is 0 Å².